The van der Waals surface area contributed by atoms with Gasteiger partial charge in [0.25, 0.3) is 0 Å². The first kappa shape index (κ1) is 22.1. The van der Waals surface area contributed by atoms with Crippen LogP contribution < -0.4 is 10.6 Å². The zero-order valence-corrected chi connectivity index (χ0v) is 18.7. The number of nitrogens with one attached hydrogen (secondary N) is 2. The highest BCUT2D eigenvalue weighted by Gasteiger charge is 2.15. The summed E-state index contributed by atoms with van der Waals surface area (Å²) in [7, 11) is 1.78. The van der Waals surface area contributed by atoms with Crippen molar-refractivity contribution in [2.24, 2.45) is 4.99 Å². The van der Waals surface area contributed by atoms with Gasteiger partial charge in [0.2, 0.25) is 0 Å². The summed E-state index contributed by atoms with van der Waals surface area (Å²) >= 11 is 1.65. The van der Waals surface area contributed by atoms with E-state index in [0.29, 0.717) is 6.54 Å². The van der Waals surface area contributed by atoms with Gasteiger partial charge in [0.15, 0.2) is 5.96 Å². The zero-order chi connectivity index (χ0) is 18.0. The predicted octanol–water partition coefficient (Wildman–Crippen LogP) is 3.29. The van der Waals surface area contributed by atoms with Gasteiger partial charge in [-0.25, -0.2) is 4.98 Å². The molecule has 3 rings (SSSR count). The number of aliphatic imine (C=N–C) groups is 1. The van der Waals surface area contributed by atoms with E-state index in [9.17, 15) is 0 Å². The third-order valence-corrected chi connectivity index (χ3v) is 4.96. The summed E-state index contributed by atoms with van der Waals surface area (Å²) in [5.74, 6) is 0.783. The van der Waals surface area contributed by atoms with E-state index in [1.54, 1.807) is 18.4 Å². The maximum absolute atomic E-state index is 5.76. The molecule has 2 aromatic rings. The minimum atomic E-state index is 0. The second-order valence-corrected chi connectivity index (χ2v) is 7.00. The summed E-state index contributed by atoms with van der Waals surface area (Å²) in [6.45, 7) is 3.77. The molecule has 0 amide bonds. The molecular weight excluding hydrogens is 475 g/mol. The van der Waals surface area contributed by atoms with Crippen molar-refractivity contribution in [1.29, 1.82) is 0 Å². The van der Waals surface area contributed by atoms with Crippen molar-refractivity contribution in [1.82, 2.24) is 15.6 Å². The minimum absolute atomic E-state index is 0. The molecule has 148 valence electrons. The van der Waals surface area contributed by atoms with E-state index in [0.717, 1.165) is 61.4 Å². The van der Waals surface area contributed by atoms with Crippen molar-refractivity contribution in [2.45, 2.75) is 25.5 Å². The lowest BCUT2D eigenvalue weighted by Gasteiger charge is -2.12. The molecular formula is C19H27IN4O2S. The number of thiazole rings is 1. The Morgan fingerprint density at radius 1 is 1.33 bits per heavy atom. The van der Waals surface area contributed by atoms with Gasteiger partial charge in [-0.1, -0.05) is 30.3 Å². The normalized spacial score (nSPS) is 16.8. The van der Waals surface area contributed by atoms with E-state index in [-0.39, 0.29) is 30.1 Å². The first-order chi connectivity index (χ1) is 12.8. The molecule has 1 aromatic heterocycles. The third kappa shape index (κ3) is 7.36. The van der Waals surface area contributed by atoms with E-state index < -0.39 is 0 Å². The fraction of sp³-hybridized carbons (Fsp3) is 0.474. The highest BCUT2D eigenvalue weighted by Crippen LogP contribution is 2.21. The summed E-state index contributed by atoms with van der Waals surface area (Å²) in [5, 5.41) is 9.74. The second kappa shape index (κ2) is 12.3. The molecule has 1 aliphatic heterocycles. The molecule has 1 unspecified atom stereocenters. The van der Waals surface area contributed by atoms with Gasteiger partial charge in [0.1, 0.15) is 5.01 Å². The van der Waals surface area contributed by atoms with Crippen LogP contribution >= 0.6 is 35.3 Å². The molecule has 1 saturated heterocycles. The number of ether oxygens (including phenoxy) is 2. The Morgan fingerprint density at radius 2 is 2.19 bits per heavy atom. The summed E-state index contributed by atoms with van der Waals surface area (Å²) < 4.78 is 11.1. The number of halogens is 1. The Balaban J connectivity index is 0.00000261. The number of rotatable bonds is 8. The third-order valence-electron chi connectivity index (χ3n) is 4.11. The highest BCUT2D eigenvalue weighted by atomic mass is 127. The van der Waals surface area contributed by atoms with Gasteiger partial charge in [-0.2, -0.15) is 0 Å². The fourth-order valence-electron chi connectivity index (χ4n) is 2.69. The summed E-state index contributed by atoms with van der Waals surface area (Å²) in [6.07, 6.45) is 2.22. The standard InChI is InChI=1S/C19H26N4O2S.HI/c1-20-19(21-9-5-10-25-16-8-11-24-13-16)22-12-18-23-17(14-26-18)15-6-3-2-4-7-15;/h2-4,6-7,14,16H,5,8-13H2,1H3,(H2,20,21,22);1H. The number of guanidine groups is 1. The van der Waals surface area contributed by atoms with Crippen molar-refractivity contribution < 1.29 is 9.47 Å². The van der Waals surface area contributed by atoms with Crippen LogP contribution in [0.1, 0.15) is 17.8 Å². The van der Waals surface area contributed by atoms with Crippen molar-refractivity contribution in [3.8, 4) is 11.3 Å². The molecule has 0 saturated carbocycles. The molecule has 1 atom stereocenters. The van der Waals surface area contributed by atoms with E-state index in [4.69, 9.17) is 9.47 Å². The van der Waals surface area contributed by atoms with Crippen LogP contribution in [-0.2, 0) is 16.0 Å². The van der Waals surface area contributed by atoms with E-state index in [1.807, 2.05) is 18.2 Å². The summed E-state index contributed by atoms with van der Waals surface area (Å²) in [4.78, 5) is 8.94. The van der Waals surface area contributed by atoms with Crippen LogP contribution in [-0.4, -0.2) is 50.5 Å². The van der Waals surface area contributed by atoms with E-state index in [1.165, 1.54) is 0 Å². The van der Waals surface area contributed by atoms with Crippen LogP contribution in [0.25, 0.3) is 11.3 Å². The van der Waals surface area contributed by atoms with Crippen LogP contribution in [0, 0.1) is 0 Å². The monoisotopic (exact) mass is 502 g/mol. The van der Waals surface area contributed by atoms with Gasteiger partial charge in [0, 0.05) is 37.7 Å². The molecule has 1 fully saturated rings. The molecule has 1 aromatic carbocycles. The number of hydrogen-bond donors (Lipinski definition) is 2. The first-order valence-electron chi connectivity index (χ1n) is 8.99. The van der Waals surface area contributed by atoms with Gasteiger partial charge >= 0.3 is 0 Å². The van der Waals surface area contributed by atoms with Crippen molar-refractivity contribution in [2.75, 3.05) is 33.4 Å². The quantitative estimate of drug-likeness (QED) is 0.251. The molecule has 6 nitrogen and oxygen atoms in total. The maximum atomic E-state index is 5.76. The largest absolute Gasteiger partial charge is 0.379 e. The first-order valence-corrected chi connectivity index (χ1v) is 9.87. The van der Waals surface area contributed by atoms with Crippen LogP contribution in [0.5, 0.6) is 0 Å². The van der Waals surface area contributed by atoms with Gasteiger partial charge in [0.05, 0.1) is 24.9 Å². The average molecular weight is 502 g/mol. The van der Waals surface area contributed by atoms with E-state index in [2.05, 4.69) is 38.1 Å². The fourth-order valence-corrected chi connectivity index (χ4v) is 3.43. The molecule has 2 heterocycles. The Labute approximate surface area is 181 Å². The van der Waals surface area contributed by atoms with Gasteiger partial charge < -0.3 is 20.1 Å². The highest BCUT2D eigenvalue weighted by molar-refractivity contribution is 14.0. The second-order valence-electron chi connectivity index (χ2n) is 6.05. The molecule has 27 heavy (non-hydrogen) atoms. The van der Waals surface area contributed by atoms with Crippen LogP contribution in [0.3, 0.4) is 0 Å². The Morgan fingerprint density at radius 3 is 2.93 bits per heavy atom. The lowest BCUT2D eigenvalue weighted by atomic mass is 10.2. The SMILES string of the molecule is CN=C(NCCCOC1CCOC1)NCc1nc(-c2ccccc2)cs1.I. The van der Waals surface area contributed by atoms with Gasteiger partial charge in [-0.15, -0.1) is 35.3 Å². The Kier molecular flexibility index (Phi) is 10.0. The van der Waals surface area contributed by atoms with Gasteiger partial charge in [-0.3, -0.25) is 4.99 Å². The van der Waals surface area contributed by atoms with Crippen LogP contribution in [0.15, 0.2) is 40.7 Å². The topological polar surface area (TPSA) is 67.8 Å². The average Bonchev–Trinajstić information content (AvgIpc) is 3.36. The molecule has 0 aliphatic carbocycles. The van der Waals surface area contributed by atoms with Crippen molar-refractivity contribution in [3.63, 3.8) is 0 Å². The number of aromatic nitrogens is 1. The Hall–Kier alpha value is -1.23. The zero-order valence-electron chi connectivity index (χ0n) is 15.5. The molecule has 2 N–H and O–H groups in total. The minimum Gasteiger partial charge on any atom is -0.379 e. The van der Waals surface area contributed by atoms with Crippen LogP contribution in [0.4, 0.5) is 0 Å². The predicted molar refractivity (Wildman–Crippen MR) is 121 cm³/mol. The lowest BCUT2D eigenvalue weighted by molar-refractivity contribution is 0.0420. The molecule has 8 heteroatoms. The van der Waals surface area contributed by atoms with Crippen molar-refractivity contribution in [3.05, 3.63) is 40.7 Å². The smallest absolute Gasteiger partial charge is 0.191 e. The summed E-state index contributed by atoms with van der Waals surface area (Å²) in [6, 6.07) is 10.2. The number of hydrogen-bond acceptors (Lipinski definition) is 5. The van der Waals surface area contributed by atoms with Crippen LogP contribution in [0.2, 0.25) is 0 Å². The molecule has 0 spiro atoms. The van der Waals surface area contributed by atoms with Crippen molar-refractivity contribution >= 4 is 41.3 Å². The Bertz CT molecular complexity index is 690. The number of nitrogens with zero attached hydrogens (tertiary/aromatic N) is 2. The summed E-state index contributed by atoms with van der Waals surface area (Å²) in [5.41, 5.74) is 2.16. The van der Waals surface area contributed by atoms with E-state index >= 15 is 0 Å². The lowest BCUT2D eigenvalue weighted by Crippen LogP contribution is -2.37. The maximum Gasteiger partial charge on any atom is 0.191 e. The number of benzene rings is 1. The molecule has 1 aliphatic rings. The molecule has 0 bridgehead atoms. The van der Waals surface area contributed by atoms with Gasteiger partial charge in [-0.05, 0) is 12.8 Å². The molecule has 0 radical (unpaired) electrons.